The van der Waals surface area contributed by atoms with E-state index in [2.05, 4.69) is 25.5 Å². The van der Waals surface area contributed by atoms with Crippen LogP contribution in [0.4, 0.5) is 0 Å². The Hall–Kier alpha value is -0.460. The van der Waals surface area contributed by atoms with Crippen molar-refractivity contribution in [1.82, 2.24) is 4.72 Å². The fraction of sp³-hybridized carbons (Fsp3) is 0.941. The van der Waals surface area contributed by atoms with Crippen LogP contribution in [0.25, 0.3) is 0 Å². The highest BCUT2D eigenvalue weighted by molar-refractivity contribution is 7.89. The average molecular weight is 346 g/mol. The Labute approximate surface area is 140 Å². The van der Waals surface area contributed by atoms with E-state index in [0.717, 1.165) is 25.9 Å². The normalized spacial score (nSPS) is 29.3. The number of nitrogens with one attached hydrogen (secondary N) is 1. The van der Waals surface area contributed by atoms with Crippen LogP contribution in [-0.2, 0) is 19.6 Å². The first-order chi connectivity index (χ1) is 10.8. The fourth-order valence-electron chi connectivity index (χ4n) is 4.23. The number of rotatable bonds is 10. The molecule has 0 aromatic carbocycles. The van der Waals surface area contributed by atoms with Gasteiger partial charge in [-0.1, -0.05) is 27.2 Å². The second-order valence-electron chi connectivity index (χ2n) is 7.64. The fourth-order valence-corrected chi connectivity index (χ4v) is 6.12. The first-order valence-electron chi connectivity index (χ1n) is 8.83. The smallest absolute Gasteiger partial charge is 0.212 e. The van der Waals surface area contributed by atoms with Gasteiger partial charge in [0.15, 0.2) is 0 Å². The maximum atomic E-state index is 12.4. The van der Waals surface area contributed by atoms with Gasteiger partial charge in [-0.15, -0.1) is 0 Å². The standard InChI is InChI=1S/C17H31NO4S/c1-4-5-10-22-11-6-9-18-23(20,21)13-17-8-7-14(12-15(17)19)16(17,2)3/h14,18H,4-13H2,1-3H3. The molecule has 2 unspecified atom stereocenters. The highest BCUT2D eigenvalue weighted by Gasteiger charge is 2.65. The van der Waals surface area contributed by atoms with Gasteiger partial charge in [0.05, 0.1) is 5.75 Å². The van der Waals surface area contributed by atoms with Crippen LogP contribution in [-0.4, -0.2) is 39.7 Å². The van der Waals surface area contributed by atoms with Crippen LogP contribution in [0.1, 0.15) is 59.3 Å². The number of fused-ring (bicyclic) bond motifs is 2. The number of Topliss-reactive ketones (excluding diaryl/α,β-unsaturated/α-hetero) is 1. The van der Waals surface area contributed by atoms with Gasteiger partial charge in [-0.25, -0.2) is 13.1 Å². The van der Waals surface area contributed by atoms with E-state index < -0.39 is 15.4 Å². The molecular formula is C17H31NO4S. The van der Waals surface area contributed by atoms with Crippen molar-refractivity contribution in [3.05, 3.63) is 0 Å². The topological polar surface area (TPSA) is 72.5 Å². The molecule has 23 heavy (non-hydrogen) atoms. The van der Waals surface area contributed by atoms with Crippen LogP contribution in [0, 0.1) is 16.7 Å². The second-order valence-corrected chi connectivity index (χ2v) is 9.45. The summed E-state index contributed by atoms with van der Waals surface area (Å²) in [7, 11) is -3.44. The van der Waals surface area contributed by atoms with Gasteiger partial charge in [0.2, 0.25) is 10.0 Å². The molecule has 2 bridgehead atoms. The second kappa shape index (κ2) is 7.19. The Morgan fingerprint density at radius 1 is 1.26 bits per heavy atom. The van der Waals surface area contributed by atoms with Crippen LogP contribution in [0.15, 0.2) is 0 Å². The predicted octanol–water partition coefficient (Wildman–Crippen LogP) is 2.51. The van der Waals surface area contributed by atoms with E-state index in [1.807, 2.05) is 0 Å². The van der Waals surface area contributed by atoms with Crippen LogP contribution in [0.2, 0.25) is 0 Å². The van der Waals surface area contributed by atoms with Gasteiger partial charge in [-0.3, -0.25) is 4.79 Å². The highest BCUT2D eigenvalue weighted by Crippen LogP contribution is 2.64. The molecule has 0 saturated heterocycles. The molecule has 0 heterocycles. The largest absolute Gasteiger partial charge is 0.381 e. The molecule has 5 nitrogen and oxygen atoms in total. The molecule has 0 amide bonds. The third-order valence-electron chi connectivity index (χ3n) is 6.01. The van der Waals surface area contributed by atoms with Gasteiger partial charge in [-0.2, -0.15) is 0 Å². The Morgan fingerprint density at radius 3 is 2.52 bits per heavy atom. The number of ether oxygens (including phenoxy) is 1. The van der Waals surface area contributed by atoms with Crippen LogP contribution >= 0.6 is 0 Å². The van der Waals surface area contributed by atoms with Gasteiger partial charge >= 0.3 is 0 Å². The van der Waals surface area contributed by atoms with Gasteiger partial charge in [0, 0.05) is 31.6 Å². The van der Waals surface area contributed by atoms with Crippen molar-refractivity contribution < 1.29 is 17.9 Å². The number of ketones is 1. The zero-order chi connectivity index (χ0) is 17.1. The molecule has 2 atom stereocenters. The number of carbonyl (C=O) groups is 1. The maximum absolute atomic E-state index is 12.4. The number of unbranched alkanes of at least 4 members (excludes halogenated alkanes) is 1. The Bertz CT molecular complexity index is 529. The van der Waals surface area contributed by atoms with E-state index >= 15 is 0 Å². The van der Waals surface area contributed by atoms with Crippen molar-refractivity contribution in [1.29, 1.82) is 0 Å². The summed E-state index contributed by atoms with van der Waals surface area (Å²) >= 11 is 0. The molecule has 6 heteroatoms. The van der Waals surface area contributed by atoms with E-state index in [-0.39, 0.29) is 17.0 Å². The lowest BCUT2D eigenvalue weighted by molar-refractivity contribution is -0.128. The minimum atomic E-state index is -3.44. The molecule has 0 spiro atoms. The number of sulfonamides is 1. The Morgan fingerprint density at radius 2 is 1.96 bits per heavy atom. The minimum Gasteiger partial charge on any atom is -0.381 e. The van der Waals surface area contributed by atoms with Crippen molar-refractivity contribution in [2.75, 3.05) is 25.5 Å². The molecule has 2 aliphatic rings. The van der Waals surface area contributed by atoms with Crippen molar-refractivity contribution in [3.8, 4) is 0 Å². The summed E-state index contributed by atoms with van der Waals surface area (Å²) in [6, 6.07) is 0. The first-order valence-corrected chi connectivity index (χ1v) is 10.5. The molecular weight excluding hydrogens is 314 g/mol. The molecule has 2 aliphatic carbocycles. The lowest BCUT2D eigenvalue weighted by Crippen LogP contribution is -2.45. The van der Waals surface area contributed by atoms with Crippen LogP contribution in [0.5, 0.6) is 0 Å². The van der Waals surface area contributed by atoms with Crippen molar-refractivity contribution in [2.24, 2.45) is 16.7 Å². The summed E-state index contributed by atoms with van der Waals surface area (Å²) in [5.41, 5.74) is -0.886. The number of hydrogen-bond donors (Lipinski definition) is 1. The SMILES string of the molecule is CCCCOCCCNS(=O)(=O)CC12CCC(CC1=O)C2(C)C. The quantitative estimate of drug-likeness (QED) is 0.618. The zero-order valence-electron chi connectivity index (χ0n) is 14.7. The molecule has 0 radical (unpaired) electrons. The van der Waals surface area contributed by atoms with Gasteiger partial charge in [0.25, 0.3) is 0 Å². The summed E-state index contributed by atoms with van der Waals surface area (Å²) in [5.74, 6) is 0.433. The van der Waals surface area contributed by atoms with E-state index in [4.69, 9.17) is 4.74 Å². The third-order valence-corrected chi connectivity index (χ3v) is 7.52. The number of hydrogen-bond acceptors (Lipinski definition) is 4. The van der Waals surface area contributed by atoms with E-state index in [0.29, 0.717) is 38.3 Å². The molecule has 2 rings (SSSR count). The molecule has 2 fully saturated rings. The van der Waals surface area contributed by atoms with Crippen LogP contribution < -0.4 is 4.72 Å². The molecule has 2 saturated carbocycles. The van der Waals surface area contributed by atoms with Crippen molar-refractivity contribution >= 4 is 15.8 Å². The average Bonchev–Trinajstić information content (AvgIpc) is 2.80. The lowest BCUT2D eigenvalue weighted by atomic mass is 9.70. The summed E-state index contributed by atoms with van der Waals surface area (Å²) in [6.45, 7) is 7.91. The summed E-state index contributed by atoms with van der Waals surface area (Å²) in [6.07, 6.45) is 5.03. The Kier molecular flexibility index (Phi) is 5.90. The van der Waals surface area contributed by atoms with E-state index in [1.165, 1.54) is 0 Å². The molecule has 0 aromatic heterocycles. The zero-order valence-corrected chi connectivity index (χ0v) is 15.5. The third kappa shape index (κ3) is 3.80. The Balaban J connectivity index is 1.83. The highest BCUT2D eigenvalue weighted by atomic mass is 32.2. The lowest BCUT2D eigenvalue weighted by Gasteiger charge is -2.36. The van der Waals surface area contributed by atoms with Crippen molar-refractivity contribution in [2.45, 2.75) is 59.3 Å². The van der Waals surface area contributed by atoms with Gasteiger partial charge in [0.1, 0.15) is 5.78 Å². The number of carbonyl (C=O) groups excluding carboxylic acids is 1. The predicted molar refractivity (Wildman–Crippen MR) is 90.7 cm³/mol. The van der Waals surface area contributed by atoms with E-state index in [9.17, 15) is 13.2 Å². The van der Waals surface area contributed by atoms with Crippen LogP contribution in [0.3, 0.4) is 0 Å². The molecule has 0 aromatic rings. The maximum Gasteiger partial charge on any atom is 0.212 e. The van der Waals surface area contributed by atoms with E-state index in [1.54, 1.807) is 0 Å². The molecule has 134 valence electrons. The van der Waals surface area contributed by atoms with Gasteiger partial charge in [-0.05, 0) is 37.0 Å². The minimum absolute atomic E-state index is 0.0565. The van der Waals surface area contributed by atoms with Gasteiger partial charge < -0.3 is 4.74 Å². The van der Waals surface area contributed by atoms with Crippen molar-refractivity contribution in [3.63, 3.8) is 0 Å². The summed E-state index contributed by atoms with van der Waals surface area (Å²) in [4.78, 5) is 12.4. The monoisotopic (exact) mass is 345 g/mol. The summed E-state index contributed by atoms with van der Waals surface area (Å²) in [5, 5.41) is 0. The first kappa shape index (κ1) is 18.9. The molecule has 1 N–H and O–H groups in total. The summed E-state index contributed by atoms with van der Waals surface area (Å²) < 4.78 is 33.0. The molecule has 0 aliphatic heterocycles.